The Morgan fingerprint density at radius 1 is 0.667 bits per heavy atom. The molecule has 0 saturated heterocycles. The Bertz CT molecular complexity index is 1520. The zero-order valence-electron chi connectivity index (χ0n) is 19.9. The zero-order valence-corrected chi connectivity index (χ0v) is 19.9. The Balaban J connectivity index is 1.52. The first kappa shape index (κ1) is 27.3. The predicted molar refractivity (Wildman–Crippen MR) is 131 cm³/mol. The van der Waals surface area contributed by atoms with E-state index in [1.807, 2.05) is 0 Å². The molecule has 0 atom stereocenters. The van der Waals surface area contributed by atoms with E-state index in [4.69, 9.17) is 4.74 Å². The second kappa shape index (κ2) is 11.4. The van der Waals surface area contributed by atoms with Gasteiger partial charge in [-0.3, -0.25) is 0 Å². The Kier molecular flexibility index (Phi) is 7.96. The molecule has 0 fully saturated rings. The van der Waals surface area contributed by atoms with E-state index in [0.717, 1.165) is 5.56 Å². The molecule has 0 heterocycles. The zero-order chi connectivity index (χ0) is 28.2. The molecule has 39 heavy (non-hydrogen) atoms. The number of halogens is 7. The molecule has 0 aromatic heterocycles. The molecule has 0 aliphatic rings. The number of hydrogen-bond donors (Lipinski definition) is 0. The van der Waals surface area contributed by atoms with Gasteiger partial charge in [0.1, 0.15) is 35.3 Å². The molecular formula is C30H17F7O2. The van der Waals surface area contributed by atoms with Crippen LogP contribution in [-0.2, 0) is 6.11 Å². The third-order valence-electron chi connectivity index (χ3n) is 5.33. The number of alkyl halides is 2. The van der Waals surface area contributed by atoms with E-state index in [1.165, 1.54) is 12.1 Å². The molecule has 0 unspecified atom stereocenters. The van der Waals surface area contributed by atoms with Crippen LogP contribution in [0.2, 0.25) is 0 Å². The number of rotatable bonds is 7. The molecule has 0 spiro atoms. The van der Waals surface area contributed by atoms with Crippen LogP contribution in [0.4, 0.5) is 30.7 Å². The summed E-state index contributed by atoms with van der Waals surface area (Å²) in [4.78, 5) is 0. The lowest BCUT2D eigenvalue weighted by molar-refractivity contribution is -0.189. The second-order valence-electron chi connectivity index (χ2n) is 8.09. The van der Waals surface area contributed by atoms with E-state index in [9.17, 15) is 30.7 Å². The van der Waals surface area contributed by atoms with Gasteiger partial charge in [0.25, 0.3) is 0 Å². The van der Waals surface area contributed by atoms with Crippen molar-refractivity contribution in [2.24, 2.45) is 0 Å². The minimum absolute atomic E-state index is 0.0574. The van der Waals surface area contributed by atoms with Gasteiger partial charge in [-0.05, 0) is 59.7 Å². The molecule has 4 aromatic rings. The molecule has 9 heteroatoms. The largest absolute Gasteiger partial charge is 0.490 e. The van der Waals surface area contributed by atoms with Crippen LogP contribution in [-0.4, -0.2) is 6.61 Å². The Hall–Kier alpha value is -4.71. The summed E-state index contributed by atoms with van der Waals surface area (Å²) < 4.78 is 108. The molecule has 0 aliphatic carbocycles. The van der Waals surface area contributed by atoms with Gasteiger partial charge in [-0.1, -0.05) is 36.6 Å². The van der Waals surface area contributed by atoms with Crippen molar-refractivity contribution < 1.29 is 40.2 Å². The number of benzene rings is 4. The van der Waals surface area contributed by atoms with Crippen molar-refractivity contribution in [3.05, 3.63) is 131 Å². The molecule has 4 rings (SSSR count). The van der Waals surface area contributed by atoms with Gasteiger partial charge in [-0.2, -0.15) is 8.78 Å². The lowest BCUT2D eigenvalue weighted by Crippen LogP contribution is -2.25. The maximum Gasteiger partial charge on any atom is 0.432 e. The summed E-state index contributed by atoms with van der Waals surface area (Å²) in [7, 11) is 0. The van der Waals surface area contributed by atoms with Crippen molar-refractivity contribution in [1.82, 2.24) is 0 Å². The van der Waals surface area contributed by atoms with E-state index in [-0.39, 0.29) is 17.7 Å². The van der Waals surface area contributed by atoms with Crippen LogP contribution in [0.25, 0.3) is 11.1 Å². The highest BCUT2D eigenvalue weighted by atomic mass is 19.3. The first-order chi connectivity index (χ1) is 18.6. The third kappa shape index (κ3) is 6.41. The predicted octanol–water partition coefficient (Wildman–Crippen LogP) is 8.14. The summed E-state index contributed by atoms with van der Waals surface area (Å²) in [6.07, 6.45) is -3.04. The molecule has 4 aromatic carbocycles. The molecule has 2 nitrogen and oxygen atoms in total. The summed E-state index contributed by atoms with van der Waals surface area (Å²) >= 11 is 0. The summed E-state index contributed by atoms with van der Waals surface area (Å²) in [6, 6.07) is 14.8. The third-order valence-corrected chi connectivity index (χ3v) is 5.33. The van der Waals surface area contributed by atoms with Crippen molar-refractivity contribution in [3.63, 3.8) is 0 Å². The van der Waals surface area contributed by atoms with E-state index in [1.54, 1.807) is 42.5 Å². The summed E-state index contributed by atoms with van der Waals surface area (Å²) in [5.74, 6) is -3.44. The maximum absolute atomic E-state index is 14.7. The normalized spacial score (nSPS) is 10.9. The molecule has 0 amide bonds. The van der Waals surface area contributed by atoms with Crippen molar-refractivity contribution >= 4 is 0 Å². The minimum Gasteiger partial charge on any atom is -0.490 e. The molecule has 0 saturated carbocycles. The van der Waals surface area contributed by atoms with Crippen LogP contribution in [0.1, 0.15) is 16.7 Å². The highest BCUT2D eigenvalue weighted by Crippen LogP contribution is 2.37. The Morgan fingerprint density at radius 3 is 1.69 bits per heavy atom. The fourth-order valence-corrected chi connectivity index (χ4v) is 3.49. The summed E-state index contributed by atoms with van der Waals surface area (Å²) in [6.45, 7) is 3.95. The van der Waals surface area contributed by atoms with Gasteiger partial charge in [0, 0.05) is 23.3 Å². The van der Waals surface area contributed by atoms with Crippen molar-refractivity contribution in [2.45, 2.75) is 6.11 Å². The maximum atomic E-state index is 14.7. The highest BCUT2D eigenvalue weighted by molar-refractivity contribution is 5.65. The summed E-state index contributed by atoms with van der Waals surface area (Å²) in [5, 5.41) is 0. The average molecular weight is 542 g/mol. The molecule has 0 bridgehead atoms. The fraction of sp³-hybridized carbons (Fsp3) is 0.0667. The number of ether oxygens (including phenoxy) is 2. The van der Waals surface area contributed by atoms with Gasteiger partial charge in [0.15, 0.2) is 17.5 Å². The molecule has 0 N–H and O–H groups in total. The van der Waals surface area contributed by atoms with Crippen molar-refractivity contribution in [1.29, 1.82) is 0 Å². The second-order valence-corrected chi connectivity index (χ2v) is 8.09. The van der Waals surface area contributed by atoms with Gasteiger partial charge < -0.3 is 9.47 Å². The van der Waals surface area contributed by atoms with Gasteiger partial charge in [0.05, 0.1) is 0 Å². The fourth-order valence-electron chi connectivity index (χ4n) is 3.49. The van der Waals surface area contributed by atoms with Gasteiger partial charge >= 0.3 is 6.11 Å². The first-order valence-electron chi connectivity index (χ1n) is 11.2. The van der Waals surface area contributed by atoms with Crippen LogP contribution < -0.4 is 9.47 Å². The SMILES string of the molecule is C=CCOc1ccc(C#Cc2ccc(-c3cc(F)c(C(F)(F)Oc4cc(F)c(F)c(F)c4)c(F)c3)cc2)cc1. The van der Waals surface area contributed by atoms with E-state index in [0.29, 0.717) is 35.6 Å². The summed E-state index contributed by atoms with van der Waals surface area (Å²) in [5.41, 5.74) is -0.223. The van der Waals surface area contributed by atoms with Crippen LogP contribution >= 0.6 is 0 Å². The molecule has 0 radical (unpaired) electrons. The average Bonchev–Trinajstić information content (AvgIpc) is 2.89. The molecule has 198 valence electrons. The molecule has 0 aliphatic heterocycles. The van der Waals surface area contributed by atoms with E-state index >= 15 is 0 Å². The Labute approximate surface area is 218 Å². The van der Waals surface area contributed by atoms with Crippen molar-refractivity contribution in [3.8, 4) is 34.5 Å². The van der Waals surface area contributed by atoms with E-state index in [2.05, 4.69) is 23.2 Å². The quantitative estimate of drug-likeness (QED) is 0.102. The van der Waals surface area contributed by atoms with Crippen LogP contribution in [0.15, 0.2) is 85.5 Å². The van der Waals surface area contributed by atoms with E-state index < -0.39 is 46.5 Å². The highest BCUT2D eigenvalue weighted by Gasteiger charge is 2.41. The van der Waals surface area contributed by atoms with Gasteiger partial charge in [0.2, 0.25) is 0 Å². The van der Waals surface area contributed by atoms with Crippen LogP contribution in [0, 0.1) is 40.9 Å². The Morgan fingerprint density at radius 2 is 1.18 bits per heavy atom. The first-order valence-corrected chi connectivity index (χ1v) is 11.2. The standard InChI is InChI=1S/C30H17F7O2/c1-2-13-38-22-11-7-19(8-12-22)4-3-18-5-9-20(10-6-18)21-14-24(31)28(25(32)15-21)30(36,37)39-23-16-26(33)29(35)27(34)17-23/h2,5-12,14-17H,1,13H2. The smallest absolute Gasteiger partial charge is 0.432 e. The minimum atomic E-state index is -4.67. The monoisotopic (exact) mass is 542 g/mol. The van der Waals surface area contributed by atoms with Gasteiger partial charge in [-0.15, -0.1) is 0 Å². The lowest BCUT2D eigenvalue weighted by atomic mass is 10.0. The van der Waals surface area contributed by atoms with Crippen molar-refractivity contribution in [2.75, 3.05) is 6.61 Å². The number of hydrogen-bond acceptors (Lipinski definition) is 2. The topological polar surface area (TPSA) is 18.5 Å². The van der Waals surface area contributed by atoms with Gasteiger partial charge in [-0.25, -0.2) is 22.0 Å². The van der Waals surface area contributed by atoms with Crippen LogP contribution in [0.5, 0.6) is 11.5 Å². The molecular weight excluding hydrogens is 525 g/mol. The lowest BCUT2D eigenvalue weighted by Gasteiger charge is -2.20. The van der Waals surface area contributed by atoms with Crippen LogP contribution in [0.3, 0.4) is 0 Å².